The molecule has 0 spiro atoms. The lowest BCUT2D eigenvalue weighted by Gasteiger charge is -2.27. The molecule has 0 radical (unpaired) electrons. The Morgan fingerprint density at radius 2 is 0.845 bits per heavy atom. The van der Waals surface area contributed by atoms with Crippen LogP contribution < -0.4 is 4.90 Å². The van der Waals surface area contributed by atoms with Crippen LogP contribution in [-0.2, 0) is 0 Å². The van der Waals surface area contributed by atoms with Crippen molar-refractivity contribution < 1.29 is 0 Å². The largest absolute Gasteiger partial charge is 0.310 e. The molecule has 0 fully saturated rings. The van der Waals surface area contributed by atoms with Gasteiger partial charge in [0.05, 0.1) is 11.0 Å². The minimum Gasteiger partial charge on any atom is -0.310 e. The van der Waals surface area contributed by atoms with E-state index in [-0.39, 0.29) is 0 Å². The summed E-state index contributed by atoms with van der Waals surface area (Å²) >= 11 is 0. The number of nitrogens with zero attached hydrogens (tertiary/aromatic N) is 2. The van der Waals surface area contributed by atoms with Crippen LogP contribution in [0.5, 0.6) is 0 Å². The summed E-state index contributed by atoms with van der Waals surface area (Å²) < 4.78 is 2.41. The number of rotatable bonds is 7. The van der Waals surface area contributed by atoms with E-state index in [4.69, 9.17) is 0 Å². The van der Waals surface area contributed by atoms with Crippen molar-refractivity contribution >= 4 is 60.4 Å². The molecule has 0 unspecified atom stereocenters. The summed E-state index contributed by atoms with van der Waals surface area (Å²) in [5.74, 6) is 0. The van der Waals surface area contributed by atoms with E-state index < -0.39 is 0 Å². The summed E-state index contributed by atoms with van der Waals surface area (Å²) in [6.45, 7) is 0. The fraction of sp³-hybridized carbons (Fsp3) is 0. The highest BCUT2D eigenvalue weighted by molar-refractivity contribution is 6.21. The zero-order valence-corrected chi connectivity index (χ0v) is 31.8. The molecule has 10 aromatic carbocycles. The molecular formula is C56H38N2. The zero-order chi connectivity index (χ0) is 38.4. The van der Waals surface area contributed by atoms with E-state index in [1.165, 1.54) is 76.7 Å². The topological polar surface area (TPSA) is 8.17 Å². The third-order valence-electron chi connectivity index (χ3n) is 11.6. The van der Waals surface area contributed by atoms with Crippen LogP contribution in [0.2, 0.25) is 0 Å². The van der Waals surface area contributed by atoms with Gasteiger partial charge in [0.15, 0.2) is 0 Å². The first-order valence-electron chi connectivity index (χ1n) is 19.9. The number of fused-ring (bicyclic) bond motifs is 6. The van der Waals surface area contributed by atoms with Crippen molar-refractivity contribution in [3.8, 4) is 39.1 Å². The van der Waals surface area contributed by atoms with E-state index in [0.717, 1.165) is 22.7 Å². The van der Waals surface area contributed by atoms with Crippen LogP contribution in [0.3, 0.4) is 0 Å². The lowest BCUT2D eigenvalue weighted by atomic mass is 9.92. The van der Waals surface area contributed by atoms with Crippen molar-refractivity contribution in [2.45, 2.75) is 0 Å². The Morgan fingerprint density at radius 1 is 0.293 bits per heavy atom. The van der Waals surface area contributed by atoms with Crippen molar-refractivity contribution in [3.05, 3.63) is 231 Å². The third-order valence-corrected chi connectivity index (χ3v) is 11.6. The van der Waals surface area contributed by atoms with Gasteiger partial charge in [-0.25, -0.2) is 0 Å². The summed E-state index contributed by atoms with van der Waals surface area (Å²) in [4.78, 5) is 2.39. The highest BCUT2D eigenvalue weighted by Crippen LogP contribution is 2.43. The van der Waals surface area contributed by atoms with Crippen LogP contribution >= 0.6 is 0 Å². The molecule has 272 valence electrons. The second-order valence-corrected chi connectivity index (χ2v) is 15.0. The van der Waals surface area contributed by atoms with Gasteiger partial charge in [0, 0.05) is 33.5 Å². The molecule has 2 nitrogen and oxygen atoms in total. The lowest BCUT2D eigenvalue weighted by molar-refractivity contribution is 1.17. The predicted octanol–water partition coefficient (Wildman–Crippen LogP) is 15.6. The van der Waals surface area contributed by atoms with Gasteiger partial charge in [-0.05, 0) is 122 Å². The Bertz CT molecular complexity index is 3250. The minimum absolute atomic E-state index is 1.08. The van der Waals surface area contributed by atoms with Gasteiger partial charge >= 0.3 is 0 Å². The SMILES string of the molecule is c1ccc(-c2ccc(N(c3ccc(-n4c5ccccc5c5c6ccccc6ccc54)cc3)c3ccc(-c4ccccc4)c(-c4ccc5ccccc5c4)c3)cc2)cc1. The van der Waals surface area contributed by atoms with Crippen molar-refractivity contribution in [2.75, 3.05) is 4.90 Å². The summed E-state index contributed by atoms with van der Waals surface area (Å²) in [6.07, 6.45) is 0. The highest BCUT2D eigenvalue weighted by Gasteiger charge is 2.19. The summed E-state index contributed by atoms with van der Waals surface area (Å²) in [6, 6.07) is 83.7. The smallest absolute Gasteiger partial charge is 0.0547 e. The van der Waals surface area contributed by atoms with Crippen LogP contribution in [0.4, 0.5) is 17.1 Å². The molecule has 0 aliphatic rings. The van der Waals surface area contributed by atoms with Gasteiger partial charge in [0.25, 0.3) is 0 Å². The highest BCUT2D eigenvalue weighted by atomic mass is 15.1. The van der Waals surface area contributed by atoms with Gasteiger partial charge < -0.3 is 9.47 Å². The molecule has 0 N–H and O–H groups in total. The van der Waals surface area contributed by atoms with E-state index in [1.54, 1.807) is 0 Å². The maximum absolute atomic E-state index is 2.41. The number of hydrogen-bond acceptors (Lipinski definition) is 1. The van der Waals surface area contributed by atoms with Crippen molar-refractivity contribution in [2.24, 2.45) is 0 Å². The van der Waals surface area contributed by atoms with Crippen LogP contribution in [-0.4, -0.2) is 4.57 Å². The predicted molar refractivity (Wildman–Crippen MR) is 247 cm³/mol. The molecule has 11 rings (SSSR count). The number of benzene rings is 10. The first kappa shape index (κ1) is 33.6. The molecule has 0 amide bonds. The Hall–Kier alpha value is -7.68. The molecule has 2 heteroatoms. The molecule has 0 aliphatic carbocycles. The fourth-order valence-corrected chi connectivity index (χ4v) is 8.79. The number of para-hydroxylation sites is 1. The summed E-state index contributed by atoms with van der Waals surface area (Å²) in [5.41, 5.74) is 14.0. The Kier molecular flexibility index (Phi) is 8.19. The maximum Gasteiger partial charge on any atom is 0.0547 e. The molecule has 1 aromatic heterocycles. The Balaban J connectivity index is 1.08. The van der Waals surface area contributed by atoms with E-state index in [2.05, 4.69) is 240 Å². The van der Waals surface area contributed by atoms with Crippen molar-refractivity contribution in [1.82, 2.24) is 4.57 Å². The van der Waals surface area contributed by atoms with Gasteiger partial charge in [-0.1, -0.05) is 164 Å². The fourth-order valence-electron chi connectivity index (χ4n) is 8.79. The average molecular weight is 739 g/mol. The maximum atomic E-state index is 2.41. The number of anilines is 3. The van der Waals surface area contributed by atoms with Gasteiger partial charge in [0.2, 0.25) is 0 Å². The van der Waals surface area contributed by atoms with E-state index >= 15 is 0 Å². The lowest BCUT2D eigenvalue weighted by Crippen LogP contribution is -2.10. The first-order chi connectivity index (χ1) is 28.8. The van der Waals surface area contributed by atoms with E-state index in [1.807, 2.05) is 0 Å². The molecular weight excluding hydrogens is 701 g/mol. The molecule has 11 aromatic rings. The van der Waals surface area contributed by atoms with Crippen LogP contribution in [0, 0.1) is 0 Å². The second-order valence-electron chi connectivity index (χ2n) is 15.0. The van der Waals surface area contributed by atoms with Gasteiger partial charge in [-0.2, -0.15) is 0 Å². The second kappa shape index (κ2) is 14.1. The summed E-state index contributed by atoms with van der Waals surface area (Å²) in [5, 5.41) is 7.55. The normalized spacial score (nSPS) is 11.4. The van der Waals surface area contributed by atoms with Crippen LogP contribution in [0.15, 0.2) is 231 Å². The molecule has 0 saturated heterocycles. The number of aromatic nitrogens is 1. The molecule has 58 heavy (non-hydrogen) atoms. The monoisotopic (exact) mass is 738 g/mol. The number of hydrogen-bond donors (Lipinski definition) is 0. The van der Waals surface area contributed by atoms with Crippen LogP contribution in [0.1, 0.15) is 0 Å². The molecule has 1 heterocycles. The zero-order valence-electron chi connectivity index (χ0n) is 31.8. The molecule has 0 aliphatic heterocycles. The molecule has 0 atom stereocenters. The third kappa shape index (κ3) is 5.82. The molecule has 0 bridgehead atoms. The van der Waals surface area contributed by atoms with E-state index in [9.17, 15) is 0 Å². The van der Waals surface area contributed by atoms with Crippen LogP contribution in [0.25, 0.3) is 82.4 Å². The average Bonchev–Trinajstić information content (AvgIpc) is 3.65. The van der Waals surface area contributed by atoms with Gasteiger partial charge in [-0.15, -0.1) is 0 Å². The first-order valence-corrected chi connectivity index (χ1v) is 19.9. The standard InChI is InChI=1S/C56H38N2/c1-3-13-39(14-4-1)41-25-28-46(29-26-41)57(49-34-35-50(42-16-5-2-6-17-42)53(38-49)45-24-23-40-15-7-8-19-44(40)37-45)47-30-32-48(33-31-47)58-54-22-12-11-21-52(54)56-51-20-10-9-18-43(51)27-36-55(56)58/h1-38H. The quantitative estimate of drug-likeness (QED) is 0.158. The van der Waals surface area contributed by atoms with Crippen molar-refractivity contribution in [1.29, 1.82) is 0 Å². The summed E-state index contributed by atoms with van der Waals surface area (Å²) in [7, 11) is 0. The van der Waals surface area contributed by atoms with E-state index in [0.29, 0.717) is 0 Å². The minimum atomic E-state index is 1.08. The van der Waals surface area contributed by atoms with Crippen molar-refractivity contribution in [3.63, 3.8) is 0 Å². The molecule has 0 saturated carbocycles. The Morgan fingerprint density at radius 3 is 1.60 bits per heavy atom. The van der Waals surface area contributed by atoms with Gasteiger partial charge in [0.1, 0.15) is 0 Å². The Labute approximate surface area is 338 Å². The van der Waals surface area contributed by atoms with Gasteiger partial charge in [-0.3, -0.25) is 0 Å².